The van der Waals surface area contributed by atoms with Gasteiger partial charge in [0.1, 0.15) is 5.82 Å². The molecule has 2 rings (SSSR count). The van der Waals surface area contributed by atoms with Gasteiger partial charge in [-0.15, -0.1) is 0 Å². The normalized spacial score (nSPS) is 14.1. The van der Waals surface area contributed by atoms with Crippen LogP contribution in [-0.2, 0) is 4.74 Å². The summed E-state index contributed by atoms with van der Waals surface area (Å²) in [5, 5.41) is 0. The molecule has 0 radical (unpaired) electrons. The molecule has 0 fully saturated rings. The third-order valence-electron chi connectivity index (χ3n) is 3.00. The lowest BCUT2D eigenvalue weighted by Gasteiger charge is -2.21. The van der Waals surface area contributed by atoms with Gasteiger partial charge in [0, 0.05) is 4.43 Å². The van der Waals surface area contributed by atoms with Crippen LogP contribution in [0.25, 0.3) is 0 Å². The summed E-state index contributed by atoms with van der Waals surface area (Å²) >= 11 is 2.27. The highest BCUT2D eigenvalue weighted by Gasteiger charge is 2.16. The van der Waals surface area contributed by atoms with Crippen LogP contribution in [0.2, 0.25) is 0 Å². The Kier molecular flexibility index (Phi) is 5.34. The van der Waals surface area contributed by atoms with Crippen molar-refractivity contribution in [1.82, 2.24) is 0 Å². The first-order chi connectivity index (χ1) is 9.20. The summed E-state index contributed by atoms with van der Waals surface area (Å²) in [5.41, 5.74) is 2.02. The van der Waals surface area contributed by atoms with Crippen LogP contribution in [0.15, 0.2) is 54.6 Å². The second-order valence-corrected chi connectivity index (χ2v) is 5.27. The highest BCUT2D eigenvalue weighted by atomic mass is 127. The molecular weight excluding hydrogens is 354 g/mol. The molecule has 0 aliphatic rings. The predicted octanol–water partition coefficient (Wildman–Crippen LogP) is 5.08. The summed E-state index contributed by atoms with van der Waals surface area (Å²) < 4.78 is 20.1. The zero-order chi connectivity index (χ0) is 13.7. The van der Waals surface area contributed by atoms with Gasteiger partial charge in [-0.05, 0) is 30.2 Å². The topological polar surface area (TPSA) is 9.23 Å². The Labute approximate surface area is 126 Å². The third-order valence-corrected chi connectivity index (χ3v) is 3.80. The van der Waals surface area contributed by atoms with Crippen molar-refractivity contribution in [3.8, 4) is 0 Å². The third kappa shape index (κ3) is 4.01. The van der Waals surface area contributed by atoms with Gasteiger partial charge in [-0.1, -0.05) is 65.1 Å². The van der Waals surface area contributed by atoms with E-state index in [1.807, 2.05) is 43.3 Å². The summed E-state index contributed by atoms with van der Waals surface area (Å²) in [7, 11) is 0. The van der Waals surface area contributed by atoms with Gasteiger partial charge in [0.2, 0.25) is 0 Å². The molecule has 19 heavy (non-hydrogen) atoms. The number of hydrogen-bond donors (Lipinski definition) is 0. The largest absolute Gasteiger partial charge is 0.365 e. The van der Waals surface area contributed by atoms with E-state index in [-0.39, 0.29) is 18.0 Å². The van der Waals surface area contributed by atoms with Gasteiger partial charge in [-0.25, -0.2) is 4.39 Å². The van der Waals surface area contributed by atoms with Crippen LogP contribution in [0.1, 0.15) is 30.3 Å². The number of hydrogen-bond acceptors (Lipinski definition) is 1. The number of ether oxygens (including phenoxy) is 1. The van der Waals surface area contributed by atoms with E-state index in [0.29, 0.717) is 0 Å². The maximum Gasteiger partial charge on any atom is 0.123 e. The molecule has 0 heterocycles. The molecule has 0 saturated heterocycles. The molecule has 0 aromatic heterocycles. The molecule has 2 unspecified atom stereocenters. The van der Waals surface area contributed by atoms with Gasteiger partial charge in [0.05, 0.1) is 12.2 Å². The molecule has 2 aromatic carbocycles. The Balaban J connectivity index is 2.11. The van der Waals surface area contributed by atoms with Crippen molar-refractivity contribution in [1.29, 1.82) is 0 Å². The highest BCUT2D eigenvalue weighted by molar-refractivity contribution is 14.1. The van der Waals surface area contributed by atoms with E-state index in [4.69, 9.17) is 4.74 Å². The minimum Gasteiger partial charge on any atom is -0.365 e. The first kappa shape index (κ1) is 14.5. The van der Waals surface area contributed by atoms with Gasteiger partial charge < -0.3 is 4.74 Å². The molecule has 1 nitrogen and oxygen atoms in total. The first-order valence-corrected chi connectivity index (χ1v) is 7.75. The maximum atomic E-state index is 13.3. The minimum absolute atomic E-state index is 0.00997. The second-order valence-electron chi connectivity index (χ2n) is 4.39. The van der Waals surface area contributed by atoms with E-state index in [2.05, 4.69) is 22.6 Å². The molecule has 100 valence electrons. The monoisotopic (exact) mass is 370 g/mol. The molecule has 0 aliphatic heterocycles. The van der Waals surface area contributed by atoms with Gasteiger partial charge >= 0.3 is 0 Å². The summed E-state index contributed by atoms with van der Waals surface area (Å²) in [5.74, 6) is -0.219. The standard InChI is InChI=1S/C16H16FIO/c1-12(13-6-3-2-4-7-13)19-16(11-18)14-8-5-9-15(17)10-14/h2-10,12,16H,11H2,1H3. The fraction of sp³-hybridized carbons (Fsp3) is 0.250. The molecule has 0 saturated carbocycles. The molecular formula is C16H16FIO. The average molecular weight is 370 g/mol. The van der Waals surface area contributed by atoms with Gasteiger partial charge in [0.15, 0.2) is 0 Å². The predicted molar refractivity (Wildman–Crippen MR) is 84.0 cm³/mol. The van der Waals surface area contributed by atoms with E-state index >= 15 is 0 Å². The highest BCUT2D eigenvalue weighted by Crippen LogP contribution is 2.28. The van der Waals surface area contributed by atoms with Crippen molar-refractivity contribution in [2.24, 2.45) is 0 Å². The summed E-state index contributed by atoms with van der Waals surface area (Å²) in [6.07, 6.45) is -0.101. The van der Waals surface area contributed by atoms with Crippen LogP contribution >= 0.6 is 22.6 Å². The number of rotatable bonds is 5. The van der Waals surface area contributed by atoms with Crippen LogP contribution in [0.4, 0.5) is 4.39 Å². The lowest BCUT2D eigenvalue weighted by Crippen LogP contribution is -2.09. The second kappa shape index (κ2) is 7.01. The Morgan fingerprint density at radius 2 is 1.74 bits per heavy atom. The van der Waals surface area contributed by atoms with E-state index in [9.17, 15) is 4.39 Å². The van der Waals surface area contributed by atoms with E-state index < -0.39 is 0 Å². The first-order valence-electron chi connectivity index (χ1n) is 6.22. The minimum atomic E-state index is -0.219. The zero-order valence-corrected chi connectivity index (χ0v) is 12.9. The van der Waals surface area contributed by atoms with Crippen molar-refractivity contribution >= 4 is 22.6 Å². The number of alkyl halides is 1. The smallest absolute Gasteiger partial charge is 0.123 e. The summed E-state index contributed by atoms with van der Waals surface area (Å²) in [6.45, 7) is 2.02. The van der Waals surface area contributed by atoms with Gasteiger partial charge in [-0.3, -0.25) is 0 Å². The lowest BCUT2D eigenvalue weighted by molar-refractivity contribution is 0.0101. The number of benzene rings is 2. The molecule has 3 heteroatoms. The van der Waals surface area contributed by atoms with Crippen molar-refractivity contribution in [3.63, 3.8) is 0 Å². The number of halogens is 2. The zero-order valence-electron chi connectivity index (χ0n) is 10.7. The van der Waals surface area contributed by atoms with Gasteiger partial charge in [0.25, 0.3) is 0 Å². The van der Waals surface area contributed by atoms with Crippen molar-refractivity contribution < 1.29 is 9.13 Å². The molecule has 0 spiro atoms. The van der Waals surface area contributed by atoms with Crippen LogP contribution < -0.4 is 0 Å². The molecule has 0 bridgehead atoms. The van der Waals surface area contributed by atoms with Crippen LogP contribution in [-0.4, -0.2) is 4.43 Å². The Morgan fingerprint density at radius 1 is 1.05 bits per heavy atom. The van der Waals surface area contributed by atoms with Crippen LogP contribution in [0.3, 0.4) is 0 Å². The molecule has 2 atom stereocenters. The van der Waals surface area contributed by atoms with Gasteiger partial charge in [-0.2, -0.15) is 0 Å². The Morgan fingerprint density at radius 3 is 2.37 bits per heavy atom. The Hall–Kier alpha value is -0.940. The van der Waals surface area contributed by atoms with Crippen molar-refractivity contribution in [2.75, 3.05) is 4.43 Å². The average Bonchev–Trinajstić information content (AvgIpc) is 2.45. The summed E-state index contributed by atoms with van der Waals surface area (Å²) in [6, 6.07) is 16.7. The summed E-state index contributed by atoms with van der Waals surface area (Å²) in [4.78, 5) is 0. The van der Waals surface area contributed by atoms with E-state index in [0.717, 1.165) is 15.6 Å². The van der Waals surface area contributed by atoms with E-state index in [1.165, 1.54) is 6.07 Å². The SMILES string of the molecule is CC(OC(CI)c1cccc(F)c1)c1ccccc1. The van der Waals surface area contributed by atoms with Crippen molar-refractivity contribution in [2.45, 2.75) is 19.1 Å². The fourth-order valence-electron chi connectivity index (χ4n) is 1.96. The maximum absolute atomic E-state index is 13.3. The molecule has 0 aliphatic carbocycles. The quantitative estimate of drug-likeness (QED) is 0.527. The van der Waals surface area contributed by atoms with E-state index in [1.54, 1.807) is 12.1 Å². The van der Waals surface area contributed by atoms with Crippen LogP contribution in [0.5, 0.6) is 0 Å². The van der Waals surface area contributed by atoms with Crippen molar-refractivity contribution in [3.05, 3.63) is 71.5 Å². The molecule has 0 amide bonds. The molecule has 0 N–H and O–H groups in total. The van der Waals surface area contributed by atoms with Crippen LogP contribution in [0, 0.1) is 5.82 Å². The fourth-order valence-corrected chi connectivity index (χ4v) is 2.68. The Bertz CT molecular complexity index is 515. The molecule has 2 aromatic rings. The lowest BCUT2D eigenvalue weighted by atomic mass is 10.1.